The highest BCUT2D eigenvalue weighted by molar-refractivity contribution is 5.53. The van der Waals surface area contributed by atoms with Gasteiger partial charge < -0.3 is 14.6 Å². The van der Waals surface area contributed by atoms with Crippen molar-refractivity contribution in [1.29, 1.82) is 0 Å². The van der Waals surface area contributed by atoms with Crippen LogP contribution in [-0.2, 0) is 6.61 Å². The highest BCUT2D eigenvalue weighted by atomic mass is 19.4. The Bertz CT molecular complexity index is 942. The third kappa shape index (κ3) is 3.99. The molecule has 11 heteroatoms. The first-order chi connectivity index (χ1) is 12.2. The minimum atomic E-state index is -4.66. The molecule has 0 spiro atoms. The third-order valence-electron chi connectivity index (χ3n) is 3.11. The van der Waals surface area contributed by atoms with E-state index in [0.717, 1.165) is 10.7 Å². The van der Waals surface area contributed by atoms with E-state index in [4.69, 9.17) is 9.84 Å². The highest BCUT2D eigenvalue weighted by Gasteiger charge is 2.29. The molecule has 0 aromatic carbocycles. The number of alkyl halides is 3. The number of pyridine rings is 2. The molecule has 3 aromatic heterocycles. The fourth-order valence-corrected chi connectivity index (χ4v) is 2.05. The molecule has 0 bridgehead atoms. The lowest BCUT2D eigenvalue weighted by atomic mass is 10.3. The molecule has 0 amide bonds. The van der Waals surface area contributed by atoms with Gasteiger partial charge in [-0.05, 0) is 6.07 Å². The largest absolute Gasteiger partial charge is 0.478 e. The zero-order valence-electron chi connectivity index (χ0n) is 12.8. The first-order valence-corrected chi connectivity index (χ1v) is 7.07. The molecule has 0 aliphatic rings. The molecule has 0 saturated carbocycles. The standard InChI is InChI=1S/C15H10F5N3O3/c16-8-1-13(25-7-15(18,19)20)14(21-4-8)26-12-3-10-2-9(6-24)22-23(10)5-11(12)17/h1-5,24H,6-7H2. The van der Waals surface area contributed by atoms with Crippen LogP contribution < -0.4 is 9.47 Å². The lowest BCUT2D eigenvalue weighted by molar-refractivity contribution is -0.153. The van der Waals surface area contributed by atoms with Gasteiger partial charge in [-0.15, -0.1) is 0 Å². The van der Waals surface area contributed by atoms with Crippen LogP contribution in [0.1, 0.15) is 5.69 Å². The second-order valence-electron chi connectivity index (χ2n) is 5.11. The van der Waals surface area contributed by atoms with Crippen LogP contribution in [0.2, 0.25) is 0 Å². The Balaban J connectivity index is 1.92. The molecule has 3 aromatic rings. The molecule has 0 radical (unpaired) electrons. The van der Waals surface area contributed by atoms with Crippen LogP contribution >= 0.6 is 0 Å². The molecule has 0 saturated heterocycles. The van der Waals surface area contributed by atoms with E-state index < -0.39 is 41.8 Å². The second kappa shape index (κ2) is 6.75. The van der Waals surface area contributed by atoms with Crippen LogP contribution in [-0.4, -0.2) is 32.5 Å². The quantitative estimate of drug-likeness (QED) is 0.694. The smallest absolute Gasteiger partial charge is 0.422 e. The van der Waals surface area contributed by atoms with Gasteiger partial charge in [0.25, 0.3) is 5.88 Å². The van der Waals surface area contributed by atoms with Crippen molar-refractivity contribution in [1.82, 2.24) is 14.6 Å². The predicted octanol–water partition coefficient (Wildman–Crippen LogP) is 3.23. The fourth-order valence-electron chi connectivity index (χ4n) is 2.05. The second-order valence-corrected chi connectivity index (χ2v) is 5.11. The molecule has 0 atom stereocenters. The number of nitrogens with zero attached hydrogens (tertiary/aromatic N) is 3. The van der Waals surface area contributed by atoms with Crippen LogP contribution in [0, 0.1) is 11.6 Å². The minimum Gasteiger partial charge on any atom is -0.478 e. The first-order valence-electron chi connectivity index (χ1n) is 7.07. The minimum absolute atomic E-state index is 0.274. The third-order valence-corrected chi connectivity index (χ3v) is 3.11. The van der Waals surface area contributed by atoms with Gasteiger partial charge in [0.2, 0.25) is 0 Å². The number of hydrogen-bond acceptors (Lipinski definition) is 5. The monoisotopic (exact) mass is 375 g/mol. The van der Waals surface area contributed by atoms with E-state index in [0.29, 0.717) is 17.8 Å². The summed E-state index contributed by atoms with van der Waals surface area (Å²) in [5.74, 6) is -3.42. The maximum atomic E-state index is 14.1. The molecule has 0 unspecified atom stereocenters. The van der Waals surface area contributed by atoms with E-state index in [9.17, 15) is 22.0 Å². The topological polar surface area (TPSA) is 68.9 Å². The van der Waals surface area contributed by atoms with Crippen LogP contribution in [0.25, 0.3) is 5.52 Å². The number of fused-ring (bicyclic) bond motifs is 1. The van der Waals surface area contributed by atoms with Crippen LogP contribution in [0.5, 0.6) is 17.4 Å². The van der Waals surface area contributed by atoms with Gasteiger partial charge in [0.05, 0.1) is 30.2 Å². The number of aromatic nitrogens is 3. The summed E-state index contributed by atoms with van der Waals surface area (Å²) in [7, 11) is 0. The number of aliphatic hydroxyl groups is 1. The molecular formula is C15H10F5N3O3. The Morgan fingerprint density at radius 3 is 2.58 bits per heavy atom. The average molecular weight is 375 g/mol. The molecule has 3 rings (SSSR count). The maximum absolute atomic E-state index is 14.1. The molecule has 3 heterocycles. The fraction of sp³-hybridized carbons (Fsp3) is 0.200. The zero-order valence-corrected chi connectivity index (χ0v) is 12.8. The molecule has 1 N–H and O–H groups in total. The first kappa shape index (κ1) is 17.9. The van der Waals surface area contributed by atoms with Gasteiger partial charge in [-0.1, -0.05) is 0 Å². The summed E-state index contributed by atoms with van der Waals surface area (Å²) in [6.07, 6.45) is -3.02. The highest BCUT2D eigenvalue weighted by Crippen LogP contribution is 2.33. The van der Waals surface area contributed by atoms with E-state index in [1.807, 2.05) is 0 Å². The van der Waals surface area contributed by atoms with E-state index in [-0.39, 0.29) is 12.3 Å². The molecule has 26 heavy (non-hydrogen) atoms. The van der Waals surface area contributed by atoms with Gasteiger partial charge in [0, 0.05) is 12.1 Å². The Hall–Kier alpha value is -2.95. The number of hydrogen-bond donors (Lipinski definition) is 1. The molecule has 0 aliphatic heterocycles. The molecule has 0 aliphatic carbocycles. The summed E-state index contributed by atoms with van der Waals surface area (Å²) in [6.45, 7) is -2.06. The number of aliphatic hydroxyl groups excluding tert-OH is 1. The van der Waals surface area contributed by atoms with Crippen molar-refractivity contribution in [3.63, 3.8) is 0 Å². The van der Waals surface area contributed by atoms with Crippen molar-refractivity contribution in [2.75, 3.05) is 6.61 Å². The summed E-state index contributed by atoms with van der Waals surface area (Å²) < 4.78 is 75.1. The van der Waals surface area contributed by atoms with E-state index in [1.54, 1.807) is 0 Å². The molecule has 138 valence electrons. The lowest BCUT2D eigenvalue weighted by Gasteiger charge is -2.13. The Morgan fingerprint density at radius 2 is 1.88 bits per heavy atom. The Labute approximate surface area is 142 Å². The normalized spacial score (nSPS) is 11.8. The summed E-state index contributed by atoms with van der Waals surface area (Å²) in [5.41, 5.74) is 0.626. The predicted molar refractivity (Wildman–Crippen MR) is 76.9 cm³/mol. The van der Waals surface area contributed by atoms with Crippen molar-refractivity contribution in [3.05, 3.63) is 47.9 Å². The van der Waals surface area contributed by atoms with Gasteiger partial charge >= 0.3 is 6.18 Å². The van der Waals surface area contributed by atoms with Gasteiger partial charge in [-0.25, -0.2) is 18.3 Å². The average Bonchev–Trinajstić information content (AvgIpc) is 2.96. The van der Waals surface area contributed by atoms with Crippen molar-refractivity contribution in [3.8, 4) is 17.4 Å². The Morgan fingerprint density at radius 1 is 1.12 bits per heavy atom. The summed E-state index contributed by atoms with van der Waals surface area (Å²) in [5, 5.41) is 12.9. The van der Waals surface area contributed by atoms with Gasteiger partial charge in [-0.2, -0.15) is 18.3 Å². The Kier molecular flexibility index (Phi) is 4.64. The summed E-state index contributed by atoms with van der Waals surface area (Å²) >= 11 is 0. The van der Waals surface area contributed by atoms with E-state index in [2.05, 4.69) is 14.8 Å². The maximum Gasteiger partial charge on any atom is 0.422 e. The summed E-state index contributed by atoms with van der Waals surface area (Å²) in [6, 6.07) is 3.29. The van der Waals surface area contributed by atoms with E-state index >= 15 is 0 Å². The van der Waals surface area contributed by atoms with Gasteiger partial charge in [-0.3, -0.25) is 0 Å². The van der Waals surface area contributed by atoms with Gasteiger partial charge in [0.1, 0.15) is 5.82 Å². The van der Waals surface area contributed by atoms with Crippen molar-refractivity contribution >= 4 is 5.52 Å². The number of halogens is 5. The lowest BCUT2D eigenvalue weighted by Crippen LogP contribution is -2.19. The zero-order chi connectivity index (χ0) is 18.9. The summed E-state index contributed by atoms with van der Waals surface area (Å²) in [4.78, 5) is 3.50. The molecular weight excluding hydrogens is 365 g/mol. The number of rotatable bonds is 5. The SMILES string of the molecule is OCc1cc2cc(Oc3ncc(F)cc3OCC(F)(F)F)c(F)cn2n1. The van der Waals surface area contributed by atoms with Crippen molar-refractivity contribution in [2.45, 2.75) is 12.8 Å². The molecule has 6 nitrogen and oxygen atoms in total. The van der Waals surface area contributed by atoms with Crippen molar-refractivity contribution in [2.24, 2.45) is 0 Å². The van der Waals surface area contributed by atoms with Crippen LogP contribution in [0.3, 0.4) is 0 Å². The number of ether oxygens (including phenoxy) is 2. The van der Waals surface area contributed by atoms with Crippen molar-refractivity contribution < 1.29 is 36.5 Å². The van der Waals surface area contributed by atoms with Crippen LogP contribution in [0.4, 0.5) is 22.0 Å². The van der Waals surface area contributed by atoms with Gasteiger partial charge in [0.15, 0.2) is 23.9 Å². The van der Waals surface area contributed by atoms with E-state index in [1.165, 1.54) is 12.1 Å². The van der Waals surface area contributed by atoms with Crippen LogP contribution in [0.15, 0.2) is 30.6 Å². The molecule has 0 fully saturated rings.